The Bertz CT molecular complexity index is 1350. The SMILES string of the molecule is COc1cc(/C=C/C(=O)N(Cc2ccccc2)c2nc3cc(C)cc(C)c3s2)cc(OC)c1OC. The Morgan fingerprint density at radius 3 is 2.29 bits per heavy atom. The fourth-order valence-corrected chi connectivity index (χ4v) is 4.96. The van der Waals surface area contributed by atoms with E-state index < -0.39 is 0 Å². The molecule has 0 aliphatic carbocycles. The van der Waals surface area contributed by atoms with Crippen molar-refractivity contribution in [2.24, 2.45) is 0 Å². The van der Waals surface area contributed by atoms with Gasteiger partial charge in [-0.3, -0.25) is 9.69 Å². The summed E-state index contributed by atoms with van der Waals surface area (Å²) in [5.41, 5.74) is 4.98. The Hall–Kier alpha value is -3.84. The van der Waals surface area contributed by atoms with E-state index in [1.807, 2.05) is 30.3 Å². The number of methoxy groups -OCH3 is 3. The third-order valence-corrected chi connectivity index (χ3v) is 6.82. The number of ether oxygens (including phenoxy) is 3. The van der Waals surface area contributed by atoms with Gasteiger partial charge in [-0.25, -0.2) is 4.98 Å². The highest BCUT2D eigenvalue weighted by Gasteiger charge is 2.20. The van der Waals surface area contributed by atoms with Gasteiger partial charge in [0.2, 0.25) is 5.75 Å². The molecule has 0 N–H and O–H groups in total. The molecule has 0 aliphatic heterocycles. The van der Waals surface area contributed by atoms with Crippen LogP contribution in [0.3, 0.4) is 0 Å². The number of thiazole rings is 1. The first kappa shape index (κ1) is 24.3. The van der Waals surface area contributed by atoms with Gasteiger partial charge in [-0.2, -0.15) is 0 Å². The number of nitrogens with zero attached hydrogens (tertiary/aromatic N) is 2. The molecule has 35 heavy (non-hydrogen) atoms. The Morgan fingerprint density at radius 1 is 0.971 bits per heavy atom. The zero-order valence-electron chi connectivity index (χ0n) is 20.5. The van der Waals surface area contributed by atoms with Crippen molar-refractivity contribution in [3.8, 4) is 17.2 Å². The van der Waals surface area contributed by atoms with Gasteiger partial charge in [0.05, 0.1) is 38.1 Å². The predicted molar refractivity (Wildman–Crippen MR) is 142 cm³/mol. The molecule has 1 heterocycles. The van der Waals surface area contributed by atoms with E-state index >= 15 is 0 Å². The van der Waals surface area contributed by atoms with Crippen molar-refractivity contribution in [1.29, 1.82) is 0 Å². The molecule has 0 bridgehead atoms. The van der Waals surface area contributed by atoms with Crippen LogP contribution in [0.4, 0.5) is 5.13 Å². The van der Waals surface area contributed by atoms with Gasteiger partial charge in [-0.1, -0.05) is 47.7 Å². The molecule has 0 radical (unpaired) electrons. The summed E-state index contributed by atoms with van der Waals surface area (Å²) in [6.45, 7) is 4.54. The molecule has 0 atom stereocenters. The number of anilines is 1. The summed E-state index contributed by atoms with van der Waals surface area (Å²) in [5.74, 6) is 1.38. The van der Waals surface area contributed by atoms with Crippen molar-refractivity contribution in [1.82, 2.24) is 4.98 Å². The number of rotatable bonds is 8. The number of carbonyl (C=O) groups is 1. The van der Waals surface area contributed by atoms with E-state index in [9.17, 15) is 4.79 Å². The molecule has 3 aromatic carbocycles. The molecular weight excluding hydrogens is 460 g/mol. The number of aryl methyl sites for hydroxylation is 2. The van der Waals surface area contributed by atoms with Gasteiger partial charge in [0.1, 0.15) is 0 Å². The van der Waals surface area contributed by atoms with E-state index in [1.165, 1.54) is 11.3 Å². The van der Waals surface area contributed by atoms with E-state index in [-0.39, 0.29) is 5.91 Å². The second-order valence-corrected chi connectivity index (χ2v) is 9.11. The number of benzene rings is 3. The van der Waals surface area contributed by atoms with Crippen LogP contribution in [-0.4, -0.2) is 32.2 Å². The molecule has 7 heteroatoms. The lowest BCUT2D eigenvalue weighted by Gasteiger charge is -2.18. The molecule has 0 aliphatic rings. The van der Waals surface area contributed by atoms with Crippen molar-refractivity contribution >= 4 is 38.7 Å². The fourth-order valence-electron chi connectivity index (χ4n) is 3.94. The first-order valence-electron chi connectivity index (χ1n) is 11.1. The van der Waals surface area contributed by atoms with Crippen molar-refractivity contribution in [2.45, 2.75) is 20.4 Å². The lowest BCUT2D eigenvalue weighted by atomic mass is 10.1. The van der Waals surface area contributed by atoms with Crippen LogP contribution in [0.5, 0.6) is 17.2 Å². The second-order valence-electron chi connectivity index (χ2n) is 8.13. The maximum atomic E-state index is 13.5. The van der Waals surface area contributed by atoms with Gasteiger partial charge >= 0.3 is 0 Å². The molecule has 0 fully saturated rings. The van der Waals surface area contributed by atoms with E-state index in [4.69, 9.17) is 19.2 Å². The normalized spacial score (nSPS) is 11.1. The van der Waals surface area contributed by atoms with E-state index in [1.54, 1.807) is 50.5 Å². The molecule has 4 rings (SSSR count). The molecule has 0 saturated heterocycles. The summed E-state index contributed by atoms with van der Waals surface area (Å²) in [5, 5.41) is 0.664. The third-order valence-electron chi connectivity index (χ3n) is 5.59. The highest BCUT2D eigenvalue weighted by atomic mass is 32.1. The van der Waals surface area contributed by atoms with Crippen molar-refractivity contribution < 1.29 is 19.0 Å². The molecule has 4 aromatic rings. The summed E-state index contributed by atoms with van der Waals surface area (Å²) < 4.78 is 17.3. The monoisotopic (exact) mass is 488 g/mol. The van der Waals surface area contributed by atoms with Crippen LogP contribution >= 0.6 is 11.3 Å². The summed E-state index contributed by atoms with van der Waals surface area (Å²) in [7, 11) is 4.69. The third kappa shape index (κ3) is 5.30. The zero-order chi connectivity index (χ0) is 24.9. The van der Waals surface area contributed by atoms with Crippen LogP contribution in [0, 0.1) is 13.8 Å². The Kier molecular flexibility index (Phi) is 7.36. The van der Waals surface area contributed by atoms with E-state index in [0.29, 0.717) is 28.9 Å². The predicted octanol–water partition coefficient (Wildman–Crippen LogP) is 6.19. The average Bonchev–Trinajstić information content (AvgIpc) is 3.29. The van der Waals surface area contributed by atoms with Gasteiger partial charge in [0, 0.05) is 6.08 Å². The lowest BCUT2D eigenvalue weighted by molar-refractivity contribution is -0.114. The molecule has 1 amide bonds. The van der Waals surface area contributed by atoms with Gasteiger partial charge in [-0.15, -0.1) is 0 Å². The highest BCUT2D eigenvalue weighted by Crippen LogP contribution is 2.38. The molecule has 1 aromatic heterocycles. The number of hydrogen-bond donors (Lipinski definition) is 0. The maximum absolute atomic E-state index is 13.5. The number of aromatic nitrogens is 1. The van der Waals surface area contributed by atoms with Crippen molar-refractivity contribution in [3.05, 3.63) is 82.9 Å². The summed E-state index contributed by atoms with van der Waals surface area (Å²) in [6, 6.07) is 17.7. The Morgan fingerprint density at radius 2 is 1.66 bits per heavy atom. The van der Waals surface area contributed by atoms with Crippen LogP contribution in [0.2, 0.25) is 0 Å². The van der Waals surface area contributed by atoms with E-state index in [2.05, 4.69) is 26.0 Å². The first-order chi connectivity index (χ1) is 16.9. The standard InChI is InChI=1S/C28H28N2O4S/c1-18-13-19(2)27-22(14-18)29-28(35-27)30(17-20-9-7-6-8-10-20)25(31)12-11-21-15-23(32-3)26(34-5)24(16-21)33-4/h6-16H,17H2,1-5H3/b12-11+. The van der Waals surface area contributed by atoms with Crippen LogP contribution in [0.15, 0.2) is 60.7 Å². The maximum Gasteiger partial charge on any atom is 0.253 e. The minimum Gasteiger partial charge on any atom is -0.493 e. The molecule has 6 nitrogen and oxygen atoms in total. The summed E-state index contributed by atoms with van der Waals surface area (Å²) in [6.07, 6.45) is 3.29. The van der Waals surface area contributed by atoms with Crippen molar-refractivity contribution in [2.75, 3.05) is 26.2 Å². The minimum absolute atomic E-state index is 0.170. The average molecular weight is 489 g/mol. The first-order valence-corrected chi connectivity index (χ1v) is 12.0. The summed E-state index contributed by atoms with van der Waals surface area (Å²) >= 11 is 1.53. The van der Waals surface area contributed by atoms with Gasteiger partial charge in [0.25, 0.3) is 5.91 Å². The van der Waals surface area contributed by atoms with Gasteiger partial charge < -0.3 is 14.2 Å². The topological polar surface area (TPSA) is 60.9 Å². The lowest BCUT2D eigenvalue weighted by Crippen LogP contribution is -2.28. The molecule has 0 spiro atoms. The van der Waals surface area contributed by atoms with Crippen molar-refractivity contribution in [3.63, 3.8) is 0 Å². The van der Waals surface area contributed by atoms with Crippen LogP contribution < -0.4 is 19.1 Å². The van der Waals surface area contributed by atoms with Gasteiger partial charge in [-0.05, 0) is 60.4 Å². The van der Waals surface area contributed by atoms with E-state index in [0.717, 1.165) is 32.5 Å². The second kappa shape index (κ2) is 10.6. The zero-order valence-corrected chi connectivity index (χ0v) is 21.3. The Balaban J connectivity index is 1.71. The summed E-state index contributed by atoms with van der Waals surface area (Å²) in [4.78, 5) is 20.0. The van der Waals surface area contributed by atoms with Gasteiger partial charge in [0.15, 0.2) is 16.6 Å². The Labute approximate surface area is 209 Å². The number of amides is 1. The van der Waals surface area contributed by atoms with Crippen LogP contribution in [0.25, 0.3) is 16.3 Å². The fraction of sp³-hybridized carbons (Fsp3) is 0.214. The quantitative estimate of drug-likeness (QED) is 0.277. The molecule has 0 unspecified atom stereocenters. The minimum atomic E-state index is -0.170. The molecular formula is C28H28N2O4S. The molecule has 180 valence electrons. The number of fused-ring (bicyclic) bond motifs is 1. The van der Waals surface area contributed by atoms with Crippen LogP contribution in [-0.2, 0) is 11.3 Å². The number of hydrogen-bond acceptors (Lipinski definition) is 6. The smallest absolute Gasteiger partial charge is 0.253 e. The largest absolute Gasteiger partial charge is 0.493 e. The highest BCUT2D eigenvalue weighted by molar-refractivity contribution is 7.22. The number of carbonyl (C=O) groups excluding carboxylic acids is 1. The van der Waals surface area contributed by atoms with Crippen LogP contribution in [0.1, 0.15) is 22.3 Å². The molecule has 0 saturated carbocycles.